The third kappa shape index (κ3) is 4.43. The molecule has 88 valence electrons. The van der Waals surface area contributed by atoms with Crippen LogP contribution >= 0.6 is 11.8 Å². The predicted molar refractivity (Wildman–Crippen MR) is 64.1 cm³/mol. The summed E-state index contributed by atoms with van der Waals surface area (Å²) >= 11 is 1.75. The molecule has 0 aliphatic heterocycles. The van der Waals surface area contributed by atoms with E-state index in [-0.39, 0.29) is 0 Å². The van der Waals surface area contributed by atoms with Gasteiger partial charge in [0.2, 0.25) is 0 Å². The van der Waals surface area contributed by atoms with Crippen molar-refractivity contribution >= 4 is 17.7 Å². The Kier molecular flexibility index (Phi) is 5.47. The molecule has 0 aromatic rings. The van der Waals surface area contributed by atoms with Crippen molar-refractivity contribution in [1.29, 1.82) is 0 Å². The van der Waals surface area contributed by atoms with E-state index < -0.39 is 12.0 Å². The van der Waals surface area contributed by atoms with E-state index in [9.17, 15) is 4.79 Å². The molecule has 15 heavy (non-hydrogen) atoms. The highest BCUT2D eigenvalue weighted by molar-refractivity contribution is 7.99. The van der Waals surface area contributed by atoms with Crippen molar-refractivity contribution in [2.45, 2.75) is 50.3 Å². The molecule has 1 aliphatic carbocycles. The number of nitrogens with two attached hydrogens (primary N) is 1. The second-order valence-corrected chi connectivity index (χ2v) is 5.67. The zero-order valence-electron chi connectivity index (χ0n) is 9.32. The first-order chi connectivity index (χ1) is 7.13. The van der Waals surface area contributed by atoms with E-state index in [1.54, 1.807) is 11.8 Å². The largest absolute Gasteiger partial charge is 0.480 e. The van der Waals surface area contributed by atoms with Gasteiger partial charge in [0.1, 0.15) is 6.04 Å². The molecule has 3 N–H and O–H groups in total. The van der Waals surface area contributed by atoms with E-state index in [0.717, 1.165) is 5.92 Å². The second-order valence-electron chi connectivity index (χ2n) is 4.34. The summed E-state index contributed by atoms with van der Waals surface area (Å²) in [5, 5.41) is 9.30. The summed E-state index contributed by atoms with van der Waals surface area (Å²) in [6.07, 6.45) is 6.36. The van der Waals surface area contributed by atoms with Crippen LogP contribution in [0.1, 0.15) is 39.0 Å². The minimum absolute atomic E-state index is 0.552. The van der Waals surface area contributed by atoms with Crippen LogP contribution in [0.3, 0.4) is 0 Å². The lowest BCUT2D eigenvalue weighted by Gasteiger charge is -2.28. The lowest BCUT2D eigenvalue weighted by atomic mass is 9.87. The third-order valence-electron chi connectivity index (χ3n) is 3.14. The SMILES string of the molecule is CCC1CCCC(SC[C@@H](N)C(=O)O)C1. The van der Waals surface area contributed by atoms with Gasteiger partial charge in [-0.3, -0.25) is 4.79 Å². The highest BCUT2D eigenvalue weighted by atomic mass is 32.2. The number of carboxylic acids is 1. The molecular weight excluding hydrogens is 210 g/mol. The number of hydrogen-bond acceptors (Lipinski definition) is 3. The van der Waals surface area contributed by atoms with Crippen LogP contribution in [0.15, 0.2) is 0 Å². The molecule has 3 atom stereocenters. The van der Waals surface area contributed by atoms with E-state index in [4.69, 9.17) is 10.8 Å². The molecule has 1 rings (SSSR count). The summed E-state index contributed by atoms with van der Waals surface area (Å²) in [6.45, 7) is 2.24. The number of rotatable bonds is 5. The monoisotopic (exact) mass is 231 g/mol. The Bertz CT molecular complexity index is 211. The summed E-state index contributed by atoms with van der Waals surface area (Å²) in [4.78, 5) is 10.6. The van der Waals surface area contributed by atoms with Crippen LogP contribution in [0.2, 0.25) is 0 Å². The van der Waals surface area contributed by atoms with E-state index in [0.29, 0.717) is 11.0 Å². The van der Waals surface area contributed by atoms with Gasteiger partial charge >= 0.3 is 5.97 Å². The molecule has 1 aliphatic rings. The summed E-state index contributed by atoms with van der Waals surface area (Å²) in [6, 6.07) is -0.697. The van der Waals surface area contributed by atoms with Crippen LogP contribution in [0.25, 0.3) is 0 Å². The molecule has 0 spiro atoms. The number of thioether (sulfide) groups is 1. The quantitative estimate of drug-likeness (QED) is 0.760. The average Bonchev–Trinajstić information content (AvgIpc) is 2.26. The lowest BCUT2D eigenvalue weighted by Crippen LogP contribution is -2.33. The van der Waals surface area contributed by atoms with Crippen LogP contribution in [-0.2, 0) is 4.79 Å². The molecule has 0 bridgehead atoms. The van der Waals surface area contributed by atoms with Gasteiger partial charge in [-0.25, -0.2) is 0 Å². The molecular formula is C11H21NO2S. The third-order valence-corrected chi connectivity index (χ3v) is 4.59. The van der Waals surface area contributed by atoms with Gasteiger partial charge in [-0.1, -0.05) is 26.2 Å². The summed E-state index contributed by atoms with van der Waals surface area (Å²) < 4.78 is 0. The molecule has 3 nitrogen and oxygen atoms in total. The van der Waals surface area contributed by atoms with Crippen LogP contribution in [0, 0.1) is 5.92 Å². The topological polar surface area (TPSA) is 63.3 Å². The van der Waals surface area contributed by atoms with Crippen molar-refractivity contribution in [1.82, 2.24) is 0 Å². The van der Waals surface area contributed by atoms with Crippen molar-refractivity contribution < 1.29 is 9.90 Å². The Balaban J connectivity index is 2.23. The molecule has 2 unspecified atom stereocenters. The molecule has 0 aromatic carbocycles. The first-order valence-corrected chi connectivity index (χ1v) is 6.78. The number of carbonyl (C=O) groups is 1. The smallest absolute Gasteiger partial charge is 0.321 e. The van der Waals surface area contributed by atoms with Gasteiger partial charge in [0.25, 0.3) is 0 Å². The van der Waals surface area contributed by atoms with Gasteiger partial charge < -0.3 is 10.8 Å². The number of hydrogen-bond donors (Lipinski definition) is 2. The van der Waals surface area contributed by atoms with Gasteiger partial charge in [0, 0.05) is 11.0 Å². The Hall–Kier alpha value is -0.220. The number of aliphatic carboxylic acids is 1. The Labute approximate surface area is 95.8 Å². The van der Waals surface area contributed by atoms with Gasteiger partial charge in [0.15, 0.2) is 0 Å². The fourth-order valence-electron chi connectivity index (χ4n) is 2.07. The highest BCUT2D eigenvalue weighted by Gasteiger charge is 2.22. The molecule has 0 saturated heterocycles. The molecule has 0 aromatic heterocycles. The second kappa shape index (κ2) is 6.38. The molecule has 0 heterocycles. The molecule has 1 saturated carbocycles. The van der Waals surface area contributed by atoms with E-state index in [1.165, 1.54) is 32.1 Å². The van der Waals surface area contributed by atoms with Gasteiger partial charge in [-0.15, -0.1) is 0 Å². The number of carboxylic acid groups (broad SMARTS) is 1. The average molecular weight is 231 g/mol. The first-order valence-electron chi connectivity index (χ1n) is 5.73. The van der Waals surface area contributed by atoms with Gasteiger partial charge in [-0.2, -0.15) is 11.8 Å². The summed E-state index contributed by atoms with van der Waals surface area (Å²) in [7, 11) is 0. The van der Waals surface area contributed by atoms with Crippen molar-refractivity contribution in [3.8, 4) is 0 Å². The Morgan fingerprint density at radius 1 is 1.60 bits per heavy atom. The van der Waals surface area contributed by atoms with Crippen molar-refractivity contribution in [3.63, 3.8) is 0 Å². The van der Waals surface area contributed by atoms with Crippen molar-refractivity contribution in [2.75, 3.05) is 5.75 Å². The zero-order valence-corrected chi connectivity index (χ0v) is 10.1. The standard InChI is InChI=1S/C11H21NO2S/c1-2-8-4-3-5-9(6-8)15-7-10(12)11(13)14/h8-10H,2-7,12H2,1H3,(H,13,14)/t8?,9?,10-/m1/s1. The van der Waals surface area contributed by atoms with Gasteiger partial charge in [-0.05, 0) is 18.8 Å². The maximum Gasteiger partial charge on any atom is 0.321 e. The van der Waals surface area contributed by atoms with Crippen LogP contribution in [0.5, 0.6) is 0 Å². The van der Waals surface area contributed by atoms with Crippen LogP contribution in [-0.4, -0.2) is 28.1 Å². The Morgan fingerprint density at radius 3 is 2.93 bits per heavy atom. The maximum atomic E-state index is 10.6. The highest BCUT2D eigenvalue weighted by Crippen LogP contribution is 2.33. The summed E-state index contributed by atoms with van der Waals surface area (Å²) in [5.74, 6) is 0.513. The van der Waals surface area contributed by atoms with Crippen molar-refractivity contribution in [2.24, 2.45) is 11.7 Å². The first kappa shape index (κ1) is 12.8. The normalized spacial score (nSPS) is 28.7. The van der Waals surface area contributed by atoms with Crippen LogP contribution in [0.4, 0.5) is 0 Å². The van der Waals surface area contributed by atoms with E-state index in [1.807, 2.05) is 0 Å². The molecule has 4 heteroatoms. The minimum atomic E-state index is -0.884. The maximum absolute atomic E-state index is 10.6. The van der Waals surface area contributed by atoms with Gasteiger partial charge in [0.05, 0.1) is 0 Å². The van der Waals surface area contributed by atoms with Crippen molar-refractivity contribution in [3.05, 3.63) is 0 Å². The fourth-order valence-corrected chi connectivity index (χ4v) is 3.44. The van der Waals surface area contributed by atoms with E-state index in [2.05, 4.69) is 6.92 Å². The summed E-state index contributed by atoms with van der Waals surface area (Å²) in [5.41, 5.74) is 5.48. The Morgan fingerprint density at radius 2 is 2.33 bits per heavy atom. The molecule has 1 fully saturated rings. The fraction of sp³-hybridized carbons (Fsp3) is 0.909. The predicted octanol–water partition coefficient (Wildman–Crippen LogP) is 2.10. The lowest BCUT2D eigenvalue weighted by molar-refractivity contribution is -0.137. The minimum Gasteiger partial charge on any atom is -0.480 e. The van der Waals surface area contributed by atoms with Crippen LogP contribution < -0.4 is 5.73 Å². The molecule has 0 amide bonds. The van der Waals surface area contributed by atoms with E-state index >= 15 is 0 Å². The zero-order chi connectivity index (χ0) is 11.3. The molecule has 0 radical (unpaired) electrons.